The first kappa shape index (κ1) is 15.9. The second kappa shape index (κ2) is 8.12. The molecule has 0 radical (unpaired) electrons. The number of ether oxygens (including phenoxy) is 2. The van der Waals surface area contributed by atoms with Gasteiger partial charge in [-0.25, -0.2) is 0 Å². The molecule has 1 fully saturated rings. The van der Waals surface area contributed by atoms with Crippen LogP contribution in [0.3, 0.4) is 0 Å². The van der Waals surface area contributed by atoms with Crippen LogP contribution in [0, 0.1) is 5.92 Å². The third-order valence-corrected chi connectivity index (χ3v) is 3.18. The smallest absolute Gasteiger partial charge is 0.308 e. The van der Waals surface area contributed by atoms with Gasteiger partial charge >= 0.3 is 5.97 Å². The number of carboxylic acid groups (broad SMARTS) is 1. The number of carbonyl (C=O) groups excluding carboxylic acids is 1. The fourth-order valence-corrected chi connectivity index (χ4v) is 1.93. The molecule has 0 aromatic rings. The number of hydrogen-bond donors (Lipinski definition) is 1. The second-order valence-corrected chi connectivity index (χ2v) is 4.97. The van der Waals surface area contributed by atoms with Crippen molar-refractivity contribution in [1.82, 2.24) is 4.90 Å². The van der Waals surface area contributed by atoms with Crippen LogP contribution in [0.5, 0.6) is 0 Å². The number of hydrogen-bond acceptors (Lipinski definition) is 4. The Kier molecular flexibility index (Phi) is 6.80. The van der Waals surface area contributed by atoms with Crippen molar-refractivity contribution in [3.63, 3.8) is 0 Å². The van der Waals surface area contributed by atoms with Crippen LogP contribution in [-0.4, -0.2) is 61.4 Å². The fraction of sp³-hybridized carbons (Fsp3) is 0.846. The number of carboxylic acids is 1. The Bertz CT molecular complexity index is 301. The summed E-state index contributed by atoms with van der Waals surface area (Å²) < 4.78 is 10.8. The van der Waals surface area contributed by atoms with Crippen molar-refractivity contribution >= 4 is 11.9 Å². The molecule has 6 nitrogen and oxygen atoms in total. The Hall–Kier alpha value is -1.14. The molecule has 1 heterocycles. The predicted molar refractivity (Wildman–Crippen MR) is 68.8 cm³/mol. The average molecular weight is 273 g/mol. The van der Waals surface area contributed by atoms with Crippen molar-refractivity contribution in [3.05, 3.63) is 0 Å². The van der Waals surface area contributed by atoms with Crippen LogP contribution in [0.4, 0.5) is 0 Å². The van der Waals surface area contributed by atoms with E-state index in [1.807, 2.05) is 0 Å². The maximum Gasteiger partial charge on any atom is 0.308 e. The molecule has 110 valence electrons. The maximum absolute atomic E-state index is 11.7. The van der Waals surface area contributed by atoms with E-state index in [2.05, 4.69) is 0 Å². The first-order valence-electron chi connectivity index (χ1n) is 6.66. The quantitative estimate of drug-likeness (QED) is 0.660. The molecule has 0 saturated carbocycles. The van der Waals surface area contributed by atoms with Gasteiger partial charge in [-0.15, -0.1) is 0 Å². The Labute approximate surface area is 113 Å². The minimum atomic E-state index is -0.894. The van der Waals surface area contributed by atoms with Gasteiger partial charge in [0.2, 0.25) is 5.91 Å². The highest BCUT2D eigenvalue weighted by Gasteiger charge is 2.18. The van der Waals surface area contributed by atoms with Crippen LogP contribution in [0.1, 0.15) is 26.2 Å². The first-order valence-corrected chi connectivity index (χ1v) is 6.66. The number of aliphatic carboxylic acids is 1. The lowest BCUT2D eigenvalue weighted by atomic mass is 10.2. The number of nitrogens with zero attached hydrogens (tertiary/aromatic N) is 1. The summed E-state index contributed by atoms with van der Waals surface area (Å²) in [5.41, 5.74) is 0. The van der Waals surface area contributed by atoms with Crippen LogP contribution in [0.15, 0.2) is 0 Å². The minimum absolute atomic E-state index is 0.0968. The first-order chi connectivity index (χ1) is 9.00. The summed E-state index contributed by atoms with van der Waals surface area (Å²) >= 11 is 0. The van der Waals surface area contributed by atoms with Crippen molar-refractivity contribution < 1.29 is 24.2 Å². The van der Waals surface area contributed by atoms with Gasteiger partial charge in [0.15, 0.2) is 0 Å². The van der Waals surface area contributed by atoms with Crippen LogP contribution >= 0.6 is 0 Å². The van der Waals surface area contributed by atoms with E-state index >= 15 is 0 Å². The lowest BCUT2D eigenvalue weighted by Gasteiger charge is -2.19. The summed E-state index contributed by atoms with van der Waals surface area (Å²) in [6.45, 7) is 3.48. The lowest BCUT2D eigenvalue weighted by molar-refractivity contribution is -0.142. The third-order valence-electron chi connectivity index (χ3n) is 3.18. The predicted octanol–water partition coefficient (Wildman–Crippen LogP) is 0.751. The van der Waals surface area contributed by atoms with Crippen molar-refractivity contribution in [3.8, 4) is 0 Å². The number of amides is 1. The van der Waals surface area contributed by atoms with Crippen LogP contribution in [-0.2, 0) is 19.1 Å². The van der Waals surface area contributed by atoms with E-state index in [1.165, 1.54) is 4.90 Å². The monoisotopic (exact) mass is 273 g/mol. The molecule has 0 bridgehead atoms. The number of carbonyl (C=O) groups is 2. The Morgan fingerprint density at radius 2 is 2.26 bits per heavy atom. The molecule has 0 aliphatic carbocycles. The molecule has 0 aromatic heterocycles. The van der Waals surface area contributed by atoms with Crippen molar-refractivity contribution in [1.29, 1.82) is 0 Å². The SMILES string of the molecule is CC(CN(C)C(=O)CCOCC1CCCO1)C(=O)O. The van der Waals surface area contributed by atoms with Gasteiger partial charge in [-0.2, -0.15) is 0 Å². The minimum Gasteiger partial charge on any atom is -0.481 e. The molecular weight excluding hydrogens is 250 g/mol. The van der Waals surface area contributed by atoms with E-state index in [9.17, 15) is 9.59 Å². The van der Waals surface area contributed by atoms with Crippen molar-refractivity contribution in [2.45, 2.75) is 32.3 Å². The second-order valence-electron chi connectivity index (χ2n) is 4.97. The maximum atomic E-state index is 11.7. The highest BCUT2D eigenvalue weighted by molar-refractivity contribution is 5.77. The molecule has 1 amide bonds. The average Bonchev–Trinajstić information content (AvgIpc) is 2.87. The largest absolute Gasteiger partial charge is 0.481 e. The van der Waals surface area contributed by atoms with Crippen LogP contribution in [0.25, 0.3) is 0 Å². The molecule has 6 heteroatoms. The number of rotatable bonds is 8. The summed E-state index contributed by atoms with van der Waals surface area (Å²) in [5.74, 6) is -1.54. The van der Waals surface area contributed by atoms with Gasteiger partial charge in [0, 0.05) is 20.2 Å². The van der Waals surface area contributed by atoms with E-state index < -0.39 is 11.9 Å². The molecule has 1 N–H and O–H groups in total. The highest BCUT2D eigenvalue weighted by Crippen LogP contribution is 2.12. The molecule has 19 heavy (non-hydrogen) atoms. The molecule has 1 aliphatic heterocycles. The van der Waals surface area contributed by atoms with Gasteiger partial charge in [0.1, 0.15) is 0 Å². The Morgan fingerprint density at radius 3 is 2.84 bits per heavy atom. The van der Waals surface area contributed by atoms with Crippen molar-refractivity contribution in [2.24, 2.45) is 5.92 Å². The highest BCUT2D eigenvalue weighted by atomic mass is 16.5. The summed E-state index contributed by atoms with van der Waals surface area (Å²) in [7, 11) is 1.61. The van der Waals surface area contributed by atoms with Gasteiger partial charge in [0.25, 0.3) is 0 Å². The van der Waals surface area contributed by atoms with Gasteiger partial charge in [0.05, 0.1) is 31.7 Å². The summed E-state index contributed by atoms with van der Waals surface area (Å²) in [6.07, 6.45) is 2.53. The van der Waals surface area contributed by atoms with E-state index in [0.29, 0.717) is 13.2 Å². The van der Waals surface area contributed by atoms with Gasteiger partial charge in [-0.1, -0.05) is 6.92 Å². The summed E-state index contributed by atoms with van der Waals surface area (Å²) in [5, 5.41) is 8.77. The topological polar surface area (TPSA) is 76.1 Å². The van der Waals surface area contributed by atoms with Gasteiger partial charge < -0.3 is 19.5 Å². The zero-order valence-electron chi connectivity index (χ0n) is 11.6. The summed E-state index contributed by atoms with van der Waals surface area (Å²) in [6, 6.07) is 0. The molecule has 1 rings (SSSR count). The standard InChI is InChI=1S/C13H23NO5/c1-10(13(16)17)8-14(2)12(15)5-7-18-9-11-4-3-6-19-11/h10-11H,3-9H2,1-2H3,(H,16,17). The van der Waals surface area contributed by atoms with Crippen molar-refractivity contribution in [2.75, 3.05) is 33.4 Å². The summed E-state index contributed by atoms with van der Waals surface area (Å²) in [4.78, 5) is 23.8. The van der Waals surface area contributed by atoms with E-state index in [0.717, 1.165) is 19.4 Å². The Balaban J connectivity index is 2.10. The zero-order chi connectivity index (χ0) is 14.3. The molecule has 2 unspecified atom stereocenters. The molecule has 2 atom stereocenters. The molecule has 1 saturated heterocycles. The molecule has 0 aromatic carbocycles. The van der Waals surface area contributed by atoms with Crippen LogP contribution < -0.4 is 0 Å². The van der Waals surface area contributed by atoms with Gasteiger partial charge in [-0.3, -0.25) is 9.59 Å². The zero-order valence-corrected chi connectivity index (χ0v) is 11.6. The molecule has 0 spiro atoms. The molecule has 1 aliphatic rings. The van der Waals surface area contributed by atoms with Gasteiger partial charge in [-0.05, 0) is 12.8 Å². The van der Waals surface area contributed by atoms with E-state index in [4.69, 9.17) is 14.6 Å². The lowest BCUT2D eigenvalue weighted by Crippen LogP contribution is -2.34. The van der Waals surface area contributed by atoms with E-state index in [-0.39, 0.29) is 25.0 Å². The van der Waals surface area contributed by atoms with E-state index in [1.54, 1.807) is 14.0 Å². The molecular formula is C13H23NO5. The fourth-order valence-electron chi connectivity index (χ4n) is 1.93. The van der Waals surface area contributed by atoms with Crippen LogP contribution in [0.2, 0.25) is 0 Å². The normalized spacial score (nSPS) is 20.2. The Morgan fingerprint density at radius 1 is 1.53 bits per heavy atom. The third kappa shape index (κ3) is 6.02.